The summed E-state index contributed by atoms with van der Waals surface area (Å²) in [5.74, 6) is 0.393. The Morgan fingerprint density at radius 3 is 2.17 bits per heavy atom. The molecule has 1 aliphatic rings. The van der Waals surface area contributed by atoms with Crippen molar-refractivity contribution in [3.63, 3.8) is 0 Å². The number of hydrogen-bond acceptors (Lipinski definition) is 4. The number of halogens is 7. The molecule has 1 amide bonds. The number of nitrogens with zero attached hydrogens (tertiary/aromatic N) is 2. The quantitative estimate of drug-likeness (QED) is 0.333. The molecule has 1 aromatic heterocycles. The molecule has 0 aliphatic heterocycles. The van der Waals surface area contributed by atoms with Gasteiger partial charge in [-0.25, -0.2) is 0 Å². The molecule has 0 unspecified atom stereocenters. The van der Waals surface area contributed by atoms with Crippen LogP contribution in [-0.2, 0) is 30.7 Å². The van der Waals surface area contributed by atoms with E-state index in [0.717, 1.165) is 51.7 Å². The van der Waals surface area contributed by atoms with E-state index < -0.39 is 47.2 Å². The average Bonchev–Trinajstić information content (AvgIpc) is 3.18. The largest absolute Gasteiger partial charge is 0.417 e. The minimum absolute atomic E-state index is 0.102. The normalized spacial score (nSPS) is 18.1. The molecule has 0 spiro atoms. The van der Waals surface area contributed by atoms with Crippen LogP contribution in [0.2, 0.25) is 5.02 Å². The van der Waals surface area contributed by atoms with Crippen molar-refractivity contribution >= 4 is 29.1 Å². The molecule has 0 bridgehead atoms. The zero-order valence-electron chi connectivity index (χ0n) is 22.5. The molecule has 1 heterocycles. The van der Waals surface area contributed by atoms with Gasteiger partial charge >= 0.3 is 23.9 Å². The van der Waals surface area contributed by atoms with Crippen LogP contribution in [0.1, 0.15) is 75.0 Å². The molecule has 3 rings (SSSR count). The van der Waals surface area contributed by atoms with Gasteiger partial charge in [-0.2, -0.15) is 39.9 Å². The van der Waals surface area contributed by atoms with Crippen LogP contribution in [0, 0.1) is 17.3 Å². The molecule has 1 saturated carbocycles. The molecule has 40 heavy (non-hydrogen) atoms. The maximum atomic E-state index is 14.1. The van der Waals surface area contributed by atoms with Gasteiger partial charge in [0.1, 0.15) is 0 Å². The summed E-state index contributed by atoms with van der Waals surface area (Å²) in [5.41, 5.74) is -4.10. The third kappa shape index (κ3) is 8.31. The minimum atomic E-state index is -4.87. The number of carbonyl (C=O) groups is 1. The molecule has 224 valence electrons. The SMILES string of the molecule is CCn1nc(C(=O)NCC2CCC(C)CC2)c(Cl)c1-c1ccc(CC(C)(C)C(F)(F)F)cc1C(F)(F)F.O=S=O. The molecule has 1 N–H and O–H groups in total. The highest BCUT2D eigenvalue weighted by molar-refractivity contribution is 7.51. The zero-order valence-corrected chi connectivity index (χ0v) is 24.1. The van der Waals surface area contributed by atoms with Crippen molar-refractivity contribution in [1.82, 2.24) is 15.1 Å². The van der Waals surface area contributed by atoms with Gasteiger partial charge in [0.25, 0.3) is 5.91 Å². The second-order valence-electron chi connectivity index (χ2n) is 10.7. The molecule has 0 saturated heterocycles. The second-order valence-corrected chi connectivity index (χ2v) is 11.2. The van der Waals surface area contributed by atoms with Crippen LogP contribution in [0.25, 0.3) is 11.3 Å². The highest BCUT2D eigenvalue weighted by Crippen LogP contribution is 2.44. The summed E-state index contributed by atoms with van der Waals surface area (Å²) >= 11 is 5.70. The molecule has 1 fully saturated rings. The number of benzene rings is 1. The van der Waals surface area contributed by atoms with Crippen molar-refractivity contribution in [2.24, 2.45) is 17.3 Å². The van der Waals surface area contributed by atoms with Crippen LogP contribution in [0.4, 0.5) is 26.3 Å². The zero-order chi connectivity index (χ0) is 30.5. The van der Waals surface area contributed by atoms with Gasteiger partial charge in [0.05, 0.1) is 21.7 Å². The van der Waals surface area contributed by atoms with Crippen molar-refractivity contribution in [1.29, 1.82) is 0 Å². The third-order valence-corrected chi connectivity index (χ3v) is 7.51. The Hall–Kier alpha value is -2.41. The fourth-order valence-corrected chi connectivity index (χ4v) is 5.00. The van der Waals surface area contributed by atoms with Gasteiger partial charge in [0.2, 0.25) is 0 Å². The van der Waals surface area contributed by atoms with E-state index in [2.05, 4.69) is 17.3 Å². The van der Waals surface area contributed by atoms with Gasteiger partial charge in [-0.3, -0.25) is 9.48 Å². The molecular formula is C26H32ClF6N3O3S. The number of aromatic nitrogens is 2. The third-order valence-electron chi connectivity index (χ3n) is 7.15. The molecule has 1 aromatic carbocycles. The van der Waals surface area contributed by atoms with E-state index in [1.165, 1.54) is 10.7 Å². The first-order valence-electron chi connectivity index (χ1n) is 12.7. The molecule has 0 radical (unpaired) electrons. The van der Waals surface area contributed by atoms with Crippen LogP contribution in [0.3, 0.4) is 0 Å². The average molecular weight is 616 g/mol. The molecule has 0 atom stereocenters. The predicted octanol–water partition coefficient (Wildman–Crippen LogP) is 7.26. The van der Waals surface area contributed by atoms with Crippen LogP contribution < -0.4 is 5.32 Å². The van der Waals surface area contributed by atoms with E-state index >= 15 is 0 Å². The van der Waals surface area contributed by atoms with Crippen molar-refractivity contribution in [3.05, 3.63) is 40.0 Å². The second kappa shape index (κ2) is 13.5. The Labute approximate surface area is 237 Å². The highest BCUT2D eigenvalue weighted by atomic mass is 35.5. The van der Waals surface area contributed by atoms with Crippen molar-refractivity contribution < 1.29 is 39.6 Å². The van der Waals surface area contributed by atoms with Crippen LogP contribution in [-0.4, -0.2) is 36.8 Å². The maximum Gasteiger partial charge on any atom is 0.417 e. The Bertz CT molecular complexity index is 1220. The van der Waals surface area contributed by atoms with E-state index in [0.29, 0.717) is 18.4 Å². The smallest absolute Gasteiger partial charge is 0.350 e. The van der Waals surface area contributed by atoms with Crippen molar-refractivity contribution in [2.45, 2.75) is 78.7 Å². The van der Waals surface area contributed by atoms with Crippen LogP contribution in [0.5, 0.6) is 0 Å². The number of hydrogen-bond donors (Lipinski definition) is 1. The summed E-state index contributed by atoms with van der Waals surface area (Å²) < 4.78 is 100. The van der Waals surface area contributed by atoms with E-state index in [9.17, 15) is 31.1 Å². The number of aryl methyl sites for hydroxylation is 1. The molecule has 14 heteroatoms. The van der Waals surface area contributed by atoms with Gasteiger partial charge < -0.3 is 5.32 Å². The number of rotatable bonds is 7. The number of amides is 1. The Morgan fingerprint density at radius 2 is 1.68 bits per heavy atom. The molecule has 6 nitrogen and oxygen atoms in total. The highest BCUT2D eigenvalue weighted by Gasteiger charge is 2.47. The summed E-state index contributed by atoms with van der Waals surface area (Å²) in [6.07, 6.45) is -5.98. The van der Waals surface area contributed by atoms with E-state index in [1.54, 1.807) is 6.92 Å². The maximum absolute atomic E-state index is 14.1. The molecule has 2 aromatic rings. The summed E-state index contributed by atoms with van der Waals surface area (Å²) in [7, 11) is 0. The molecular weight excluding hydrogens is 584 g/mol. The van der Waals surface area contributed by atoms with Gasteiger partial charge in [-0.15, -0.1) is 0 Å². The molecule has 1 aliphatic carbocycles. The summed E-state index contributed by atoms with van der Waals surface area (Å²) in [4.78, 5) is 12.9. The standard InChI is InChI=1S/C26H32ClF6N3O.O2S/c1-5-36-22(20(27)21(35-36)23(37)34-14-16-8-6-15(2)7-9-16)18-11-10-17(12-19(18)25(28,29)30)13-24(3,4)26(31,32)33;1-3-2/h10-12,15-16H,5-9,13-14H2,1-4H3,(H,34,37);. The Balaban J connectivity index is 0.00000178. The first kappa shape index (κ1) is 33.8. The monoisotopic (exact) mass is 615 g/mol. The fourth-order valence-electron chi connectivity index (χ4n) is 4.68. The lowest BCUT2D eigenvalue weighted by Gasteiger charge is -2.28. The van der Waals surface area contributed by atoms with E-state index in [1.807, 2.05) is 0 Å². The summed E-state index contributed by atoms with van der Waals surface area (Å²) in [6, 6.07) is 3.05. The Kier molecular flexibility index (Phi) is 11.4. The minimum Gasteiger partial charge on any atom is -0.350 e. The fraction of sp³-hybridized carbons (Fsp3) is 0.615. The van der Waals surface area contributed by atoms with E-state index in [-0.39, 0.29) is 34.1 Å². The lowest BCUT2D eigenvalue weighted by Crippen LogP contribution is -2.34. The van der Waals surface area contributed by atoms with Gasteiger partial charge in [0, 0.05) is 18.7 Å². The lowest BCUT2D eigenvalue weighted by molar-refractivity contribution is -0.211. The summed E-state index contributed by atoms with van der Waals surface area (Å²) in [5, 5.41) is 6.75. The van der Waals surface area contributed by atoms with Crippen molar-refractivity contribution in [2.75, 3.05) is 6.54 Å². The predicted molar refractivity (Wildman–Crippen MR) is 139 cm³/mol. The topological polar surface area (TPSA) is 81.1 Å². The van der Waals surface area contributed by atoms with Crippen LogP contribution >= 0.6 is 11.6 Å². The van der Waals surface area contributed by atoms with Gasteiger partial charge in [0.15, 0.2) is 5.69 Å². The first-order valence-corrected chi connectivity index (χ1v) is 13.7. The number of nitrogens with one attached hydrogen (secondary N) is 1. The lowest BCUT2D eigenvalue weighted by atomic mass is 9.83. The summed E-state index contributed by atoms with van der Waals surface area (Å²) in [6.45, 7) is 6.26. The number of alkyl halides is 6. The first-order chi connectivity index (χ1) is 18.5. The van der Waals surface area contributed by atoms with Crippen molar-refractivity contribution in [3.8, 4) is 11.3 Å². The van der Waals surface area contributed by atoms with E-state index in [4.69, 9.17) is 20.0 Å². The van der Waals surface area contributed by atoms with Gasteiger partial charge in [-0.05, 0) is 49.7 Å². The Morgan fingerprint density at radius 1 is 1.10 bits per heavy atom. The number of carbonyl (C=O) groups excluding carboxylic acids is 1. The van der Waals surface area contributed by atoms with Gasteiger partial charge in [-0.1, -0.05) is 57.3 Å². The van der Waals surface area contributed by atoms with Crippen LogP contribution in [0.15, 0.2) is 18.2 Å².